The van der Waals surface area contributed by atoms with Crippen molar-refractivity contribution in [2.24, 2.45) is 5.92 Å². The summed E-state index contributed by atoms with van der Waals surface area (Å²) >= 11 is 0. The second-order valence-electron chi connectivity index (χ2n) is 16.2. The first-order chi connectivity index (χ1) is 27.8. The highest BCUT2D eigenvalue weighted by molar-refractivity contribution is 5.69. The minimum Gasteiger partial charge on any atom is -0.497 e. The lowest BCUT2D eigenvalue weighted by Gasteiger charge is -2.52. The fraction of sp³-hybridized carbons (Fsp3) is 0.426. The first-order valence-corrected chi connectivity index (χ1v) is 19.8. The molecule has 1 amide bonds. The third-order valence-electron chi connectivity index (χ3n) is 10.7. The largest absolute Gasteiger partial charge is 0.497 e. The quantitative estimate of drug-likeness (QED) is 0.0460. The van der Waals surface area contributed by atoms with Crippen LogP contribution in [0.15, 0.2) is 127 Å². The van der Waals surface area contributed by atoms with E-state index in [0.717, 1.165) is 22.3 Å². The summed E-state index contributed by atoms with van der Waals surface area (Å²) in [6.07, 6.45) is -1.97. The van der Waals surface area contributed by atoms with Gasteiger partial charge in [-0.05, 0) is 87.1 Å². The molecule has 6 rings (SSSR count). The third kappa shape index (κ3) is 9.81. The third-order valence-corrected chi connectivity index (χ3v) is 10.7. The van der Waals surface area contributed by atoms with Gasteiger partial charge in [0, 0.05) is 5.92 Å². The lowest BCUT2D eigenvalue weighted by Crippen LogP contribution is -2.70. The molecular weight excluding hydrogens is 739 g/mol. The number of rotatable bonds is 16. The number of benzene rings is 4. The molecule has 0 aromatic heterocycles. The van der Waals surface area contributed by atoms with Gasteiger partial charge < -0.3 is 48.7 Å². The zero-order valence-corrected chi connectivity index (χ0v) is 34.3. The van der Waals surface area contributed by atoms with Crippen molar-refractivity contribution in [3.8, 4) is 5.75 Å². The van der Waals surface area contributed by atoms with E-state index >= 15 is 0 Å². The molecule has 0 unspecified atom stereocenters. The van der Waals surface area contributed by atoms with Crippen molar-refractivity contribution in [2.45, 2.75) is 88.5 Å². The van der Waals surface area contributed by atoms with E-state index in [2.05, 4.69) is 5.32 Å². The average Bonchev–Trinajstić information content (AvgIpc) is 3.57. The maximum atomic E-state index is 14.1. The van der Waals surface area contributed by atoms with Gasteiger partial charge >= 0.3 is 6.09 Å². The summed E-state index contributed by atoms with van der Waals surface area (Å²) in [6.45, 7) is 8.72. The molecule has 1 aliphatic carbocycles. The Hall–Kier alpha value is -4.59. The second-order valence-corrected chi connectivity index (χ2v) is 16.2. The van der Waals surface area contributed by atoms with Gasteiger partial charge in [-0.1, -0.05) is 103 Å². The van der Waals surface area contributed by atoms with Crippen molar-refractivity contribution in [2.75, 3.05) is 33.7 Å². The summed E-state index contributed by atoms with van der Waals surface area (Å²) in [6, 6.07) is 37.4. The zero-order chi connectivity index (χ0) is 41.4. The number of hydrogen-bond acceptors (Lipinski definition) is 10. The molecule has 0 spiro atoms. The number of carbonyl (C=O) groups excluding carboxylic acids is 1. The Kier molecular flexibility index (Phi) is 13.8. The molecule has 1 aliphatic heterocycles. The van der Waals surface area contributed by atoms with Gasteiger partial charge in [0.2, 0.25) is 0 Å². The Morgan fingerprint density at radius 3 is 1.98 bits per heavy atom. The highest BCUT2D eigenvalue weighted by Gasteiger charge is 2.59. The van der Waals surface area contributed by atoms with Crippen LogP contribution in [0.25, 0.3) is 0 Å². The molecule has 58 heavy (non-hydrogen) atoms. The molecule has 5 atom stereocenters. The summed E-state index contributed by atoms with van der Waals surface area (Å²) in [4.78, 5) is 14.1. The predicted octanol–water partition coefficient (Wildman–Crippen LogP) is 7.28. The molecular formula is C47H57NO10. The maximum Gasteiger partial charge on any atom is 0.408 e. The van der Waals surface area contributed by atoms with Gasteiger partial charge in [0.15, 0.2) is 5.79 Å². The van der Waals surface area contributed by atoms with Gasteiger partial charge in [0.05, 0.1) is 51.3 Å². The van der Waals surface area contributed by atoms with Crippen LogP contribution < -0.4 is 10.1 Å². The molecule has 310 valence electrons. The number of carbonyl (C=O) groups is 1. The lowest BCUT2D eigenvalue weighted by atomic mass is 9.65. The van der Waals surface area contributed by atoms with E-state index in [1.807, 2.05) is 115 Å². The summed E-state index contributed by atoms with van der Waals surface area (Å²) in [5.41, 5.74) is 0.403. The molecule has 1 saturated heterocycles. The van der Waals surface area contributed by atoms with Crippen molar-refractivity contribution in [1.29, 1.82) is 0 Å². The van der Waals surface area contributed by atoms with Gasteiger partial charge in [-0.2, -0.15) is 0 Å². The van der Waals surface area contributed by atoms with Gasteiger partial charge in [0.1, 0.15) is 29.8 Å². The first-order valence-electron chi connectivity index (χ1n) is 19.8. The molecule has 1 heterocycles. The maximum absolute atomic E-state index is 14.1. The van der Waals surface area contributed by atoms with Gasteiger partial charge in [-0.15, -0.1) is 0 Å². The van der Waals surface area contributed by atoms with Crippen LogP contribution in [0.2, 0.25) is 0 Å². The van der Waals surface area contributed by atoms with E-state index in [4.69, 9.17) is 33.2 Å². The second kappa shape index (κ2) is 18.6. The van der Waals surface area contributed by atoms with Crippen molar-refractivity contribution >= 4 is 6.09 Å². The van der Waals surface area contributed by atoms with Crippen LogP contribution in [0, 0.1) is 5.92 Å². The highest BCUT2D eigenvalue weighted by atomic mass is 16.7. The van der Waals surface area contributed by atoms with Gasteiger partial charge in [0.25, 0.3) is 0 Å². The van der Waals surface area contributed by atoms with Crippen LogP contribution in [0.1, 0.15) is 63.3 Å². The number of amides is 1. The molecule has 2 aliphatic rings. The van der Waals surface area contributed by atoms with E-state index in [9.17, 15) is 15.0 Å². The minimum atomic E-state index is -1.47. The average molecular weight is 796 g/mol. The molecule has 11 nitrogen and oxygen atoms in total. The van der Waals surface area contributed by atoms with Crippen LogP contribution in [0.4, 0.5) is 4.79 Å². The van der Waals surface area contributed by atoms with E-state index in [-0.39, 0.29) is 33.0 Å². The van der Waals surface area contributed by atoms with E-state index in [1.165, 1.54) is 0 Å². The number of hydrogen-bond donors (Lipinski definition) is 3. The monoisotopic (exact) mass is 795 g/mol. The van der Waals surface area contributed by atoms with E-state index in [1.54, 1.807) is 47.8 Å². The van der Waals surface area contributed by atoms with Crippen LogP contribution in [-0.4, -0.2) is 85.3 Å². The highest BCUT2D eigenvalue weighted by Crippen LogP contribution is 2.46. The Balaban J connectivity index is 1.46. The number of methoxy groups -OCH3 is 1. The van der Waals surface area contributed by atoms with Crippen molar-refractivity contribution in [3.05, 3.63) is 149 Å². The molecule has 4 aromatic carbocycles. The zero-order valence-electron chi connectivity index (χ0n) is 34.3. The summed E-state index contributed by atoms with van der Waals surface area (Å²) in [7, 11) is 1.63. The SMILES string of the molecule is COc1ccc(C(OCC[C@@]2(NC(=O)OC(C)(C)C)[C@@H]([C@H]3COC(C)(C)O3)[C@H](O)C(CO)=C[C@H]2OCOCc2ccccc2)(c2ccccc2)c2ccccc2)cc1. The fourth-order valence-electron chi connectivity index (χ4n) is 8.08. The molecule has 11 heteroatoms. The predicted molar refractivity (Wildman–Crippen MR) is 219 cm³/mol. The summed E-state index contributed by atoms with van der Waals surface area (Å²) in [5, 5.41) is 26.0. The molecule has 3 N–H and O–H groups in total. The molecule has 0 radical (unpaired) electrons. The van der Waals surface area contributed by atoms with Crippen LogP contribution in [-0.2, 0) is 40.6 Å². The number of nitrogens with one attached hydrogen (secondary N) is 1. The first kappa shape index (κ1) is 43.0. The van der Waals surface area contributed by atoms with Crippen molar-refractivity contribution in [1.82, 2.24) is 5.32 Å². The number of aliphatic hydroxyl groups is 2. The molecule has 1 fully saturated rings. The van der Waals surface area contributed by atoms with Crippen molar-refractivity contribution < 1.29 is 48.2 Å². The van der Waals surface area contributed by atoms with Crippen LogP contribution in [0.3, 0.4) is 0 Å². The van der Waals surface area contributed by atoms with E-state index in [0.29, 0.717) is 11.3 Å². The molecule has 0 saturated carbocycles. The van der Waals surface area contributed by atoms with Crippen LogP contribution in [0.5, 0.6) is 5.75 Å². The fourth-order valence-corrected chi connectivity index (χ4v) is 8.08. The Morgan fingerprint density at radius 2 is 1.45 bits per heavy atom. The Bertz CT molecular complexity index is 1890. The number of aliphatic hydroxyl groups excluding tert-OH is 2. The number of ether oxygens (including phenoxy) is 7. The lowest BCUT2D eigenvalue weighted by molar-refractivity contribution is -0.176. The topological polar surface area (TPSA) is 134 Å². The molecule has 0 bridgehead atoms. The molecule has 4 aromatic rings. The van der Waals surface area contributed by atoms with E-state index < -0.39 is 59.5 Å². The number of alkyl carbamates (subject to hydrolysis) is 1. The standard InChI is InChI=1S/C47H57NO10/c1-44(2,3)58-43(51)48-46(26-27-55-47(35-18-12-8-13-19-35,36-20-14-9-15-21-36)37-22-24-38(52-6)25-23-37)40(54-32-53-30-33-16-10-7-11-17-33)28-34(29-49)42(50)41(46)39-31-56-45(4,5)57-39/h7-25,28,39-42,49-50H,26-27,29-32H2,1-6H3,(H,48,51)/t39-,40-,41+,42-,46+/m1/s1. The van der Waals surface area contributed by atoms with Gasteiger partial charge in [-0.25, -0.2) is 4.79 Å². The normalized spacial score (nSPS) is 23.2. The Labute approximate surface area is 341 Å². The Morgan fingerprint density at radius 1 is 0.862 bits per heavy atom. The summed E-state index contributed by atoms with van der Waals surface area (Å²) in [5.74, 6) is -1.21. The minimum absolute atomic E-state index is 0.0266. The smallest absolute Gasteiger partial charge is 0.408 e. The van der Waals surface area contributed by atoms with Crippen molar-refractivity contribution in [3.63, 3.8) is 0 Å². The summed E-state index contributed by atoms with van der Waals surface area (Å²) < 4.78 is 43.9. The van der Waals surface area contributed by atoms with Gasteiger partial charge in [-0.3, -0.25) is 0 Å². The van der Waals surface area contributed by atoms with Crippen LogP contribution >= 0.6 is 0 Å².